The molecule has 0 atom stereocenters. The highest BCUT2D eigenvalue weighted by Crippen LogP contribution is 2.13. The highest BCUT2D eigenvalue weighted by molar-refractivity contribution is 5.82. The largest absolute Gasteiger partial charge is 0.299 e. The Kier molecular flexibility index (Phi) is 4.41. The first-order chi connectivity index (χ1) is 9.54. The first kappa shape index (κ1) is 14.1. The van der Waals surface area contributed by atoms with Crippen molar-refractivity contribution < 1.29 is 4.79 Å². The molecule has 2 aromatic rings. The predicted molar refractivity (Wildman–Crippen MR) is 80.3 cm³/mol. The van der Waals surface area contributed by atoms with E-state index < -0.39 is 0 Å². The van der Waals surface area contributed by atoms with Crippen molar-refractivity contribution in [3.63, 3.8) is 0 Å². The maximum absolute atomic E-state index is 12.0. The number of carbonyl (C=O) groups excluding carboxylic acids is 1. The van der Waals surface area contributed by atoms with Crippen LogP contribution in [0.3, 0.4) is 0 Å². The minimum absolute atomic E-state index is 0.145. The van der Waals surface area contributed by atoms with Crippen LogP contribution in [0.25, 0.3) is 5.57 Å². The lowest BCUT2D eigenvalue weighted by Crippen LogP contribution is -2.08. The van der Waals surface area contributed by atoms with Crippen LogP contribution in [0.2, 0.25) is 0 Å². The molecule has 1 aromatic carbocycles. The SMILES string of the molecule is C=C(C)c1ccc(CC(=O)Cc2ccc(C)nn2)cc1. The second kappa shape index (κ2) is 6.24. The summed E-state index contributed by atoms with van der Waals surface area (Å²) < 4.78 is 0. The summed E-state index contributed by atoms with van der Waals surface area (Å²) in [5, 5.41) is 7.97. The second-order valence-corrected chi connectivity index (χ2v) is 5.04. The third kappa shape index (κ3) is 3.85. The third-order valence-electron chi connectivity index (χ3n) is 3.08. The van der Waals surface area contributed by atoms with Gasteiger partial charge in [-0.1, -0.05) is 36.4 Å². The molecule has 0 unspecified atom stereocenters. The molecule has 3 heteroatoms. The number of carbonyl (C=O) groups is 1. The zero-order valence-corrected chi connectivity index (χ0v) is 11.9. The first-order valence-corrected chi connectivity index (χ1v) is 6.60. The summed E-state index contributed by atoms with van der Waals surface area (Å²) >= 11 is 0. The third-order valence-corrected chi connectivity index (χ3v) is 3.08. The normalized spacial score (nSPS) is 10.3. The number of benzene rings is 1. The number of ketones is 1. The number of Topliss-reactive ketones (excluding diaryl/α,β-unsaturated/α-hetero) is 1. The summed E-state index contributed by atoms with van der Waals surface area (Å²) in [6.07, 6.45) is 0.752. The Hall–Kier alpha value is -2.29. The fourth-order valence-electron chi connectivity index (χ4n) is 1.92. The number of aryl methyl sites for hydroxylation is 1. The lowest BCUT2D eigenvalue weighted by molar-refractivity contribution is -0.117. The van der Waals surface area contributed by atoms with E-state index >= 15 is 0 Å². The Bertz CT molecular complexity index is 612. The minimum atomic E-state index is 0.145. The van der Waals surface area contributed by atoms with Crippen LogP contribution in [-0.4, -0.2) is 16.0 Å². The molecule has 0 spiro atoms. The van der Waals surface area contributed by atoms with Crippen LogP contribution in [0.5, 0.6) is 0 Å². The van der Waals surface area contributed by atoms with Gasteiger partial charge < -0.3 is 0 Å². The molecule has 20 heavy (non-hydrogen) atoms. The van der Waals surface area contributed by atoms with Crippen LogP contribution in [-0.2, 0) is 17.6 Å². The van der Waals surface area contributed by atoms with E-state index in [0.29, 0.717) is 12.8 Å². The van der Waals surface area contributed by atoms with E-state index in [1.54, 1.807) is 0 Å². The van der Waals surface area contributed by atoms with Crippen LogP contribution in [0.4, 0.5) is 0 Å². The highest BCUT2D eigenvalue weighted by atomic mass is 16.1. The van der Waals surface area contributed by atoms with Gasteiger partial charge in [0.1, 0.15) is 5.78 Å². The minimum Gasteiger partial charge on any atom is -0.299 e. The highest BCUT2D eigenvalue weighted by Gasteiger charge is 2.07. The molecule has 0 saturated heterocycles. The van der Waals surface area contributed by atoms with Crippen molar-refractivity contribution in [1.29, 1.82) is 0 Å². The van der Waals surface area contributed by atoms with Gasteiger partial charge in [-0.3, -0.25) is 4.79 Å². The molecule has 0 amide bonds. The van der Waals surface area contributed by atoms with Crippen molar-refractivity contribution in [3.05, 3.63) is 65.5 Å². The number of allylic oxidation sites excluding steroid dienone is 1. The molecule has 1 aromatic heterocycles. The second-order valence-electron chi connectivity index (χ2n) is 5.04. The molecular formula is C17H18N2O. The van der Waals surface area contributed by atoms with E-state index in [-0.39, 0.29) is 5.78 Å². The van der Waals surface area contributed by atoms with Crippen LogP contribution >= 0.6 is 0 Å². The van der Waals surface area contributed by atoms with Crippen molar-refractivity contribution in [3.8, 4) is 0 Å². The standard InChI is InChI=1S/C17H18N2O/c1-12(2)15-7-5-14(6-8-15)10-17(20)11-16-9-4-13(3)18-19-16/h4-9H,1,10-11H2,2-3H3. The average Bonchev–Trinajstić information content (AvgIpc) is 2.42. The lowest BCUT2D eigenvalue weighted by Gasteiger charge is -2.04. The quantitative estimate of drug-likeness (QED) is 0.834. The molecule has 102 valence electrons. The van der Waals surface area contributed by atoms with E-state index in [2.05, 4.69) is 16.8 Å². The number of aromatic nitrogens is 2. The van der Waals surface area contributed by atoms with Gasteiger partial charge >= 0.3 is 0 Å². The summed E-state index contributed by atoms with van der Waals surface area (Å²) in [7, 11) is 0. The van der Waals surface area contributed by atoms with Crippen molar-refractivity contribution >= 4 is 11.4 Å². The summed E-state index contributed by atoms with van der Waals surface area (Å²) in [6.45, 7) is 7.74. The van der Waals surface area contributed by atoms with Crippen molar-refractivity contribution in [2.75, 3.05) is 0 Å². The lowest BCUT2D eigenvalue weighted by atomic mass is 10.0. The van der Waals surface area contributed by atoms with E-state index in [1.165, 1.54) is 0 Å². The van der Waals surface area contributed by atoms with Gasteiger partial charge in [-0.2, -0.15) is 10.2 Å². The molecule has 0 fully saturated rings. The molecule has 0 N–H and O–H groups in total. The molecule has 0 radical (unpaired) electrons. The Morgan fingerprint density at radius 3 is 2.30 bits per heavy atom. The summed E-state index contributed by atoms with van der Waals surface area (Å²) in [5.41, 5.74) is 4.72. The molecular weight excluding hydrogens is 248 g/mol. The van der Waals surface area contributed by atoms with Gasteiger partial charge in [-0.05, 0) is 37.1 Å². The summed E-state index contributed by atoms with van der Waals surface area (Å²) in [4.78, 5) is 12.0. The number of hydrogen-bond donors (Lipinski definition) is 0. The Balaban J connectivity index is 1.97. The van der Waals surface area contributed by atoms with Gasteiger partial charge in [0.2, 0.25) is 0 Å². The van der Waals surface area contributed by atoms with Crippen molar-refractivity contribution in [1.82, 2.24) is 10.2 Å². The molecule has 3 nitrogen and oxygen atoms in total. The van der Waals surface area contributed by atoms with Gasteiger partial charge in [0.25, 0.3) is 0 Å². The predicted octanol–water partition coefficient (Wildman–Crippen LogP) is 3.17. The van der Waals surface area contributed by atoms with E-state index in [9.17, 15) is 4.79 Å². The fourth-order valence-corrected chi connectivity index (χ4v) is 1.92. The fraction of sp³-hybridized carbons (Fsp3) is 0.235. The smallest absolute Gasteiger partial charge is 0.143 e. The molecule has 0 bridgehead atoms. The number of hydrogen-bond acceptors (Lipinski definition) is 3. The maximum Gasteiger partial charge on any atom is 0.143 e. The van der Waals surface area contributed by atoms with E-state index in [1.807, 2.05) is 50.2 Å². The topological polar surface area (TPSA) is 42.9 Å². The van der Waals surface area contributed by atoms with Crippen LogP contribution < -0.4 is 0 Å². The maximum atomic E-state index is 12.0. The first-order valence-electron chi connectivity index (χ1n) is 6.60. The van der Waals surface area contributed by atoms with Crippen LogP contribution in [0.15, 0.2) is 43.0 Å². The van der Waals surface area contributed by atoms with Gasteiger partial charge in [-0.25, -0.2) is 0 Å². The Morgan fingerprint density at radius 2 is 1.75 bits per heavy atom. The van der Waals surface area contributed by atoms with E-state index in [4.69, 9.17) is 0 Å². The van der Waals surface area contributed by atoms with Crippen molar-refractivity contribution in [2.45, 2.75) is 26.7 Å². The Morgan fingerprint density at radius 1 is 1.05 bits per heavy atom. The average molecular weight is 266 g/mol. The van der Waals surface area contributed by atoms with Gasteiger partial charge in [0, 0.05) is 6.42 Å². The summed E-state index contributed by atoms with van der Waals surface area (Å²) in [5.74, 6) is 0.145. The zero-order valence-electron chi connectivity index (χ0n) is 11.9. The number of rotatable bonds is 5. The molecule has 0 aliphatic carbocycles. The van der Waals surface area contributed by atoms with Crippen LogP contribution in [0, 0.1) is 6.92 Å². The molecule has 0 saturated carbocycles. The molecule has 0 aliphatic heterocycles. The van der Waals surface area contributed by atoms with Gasteiger partial charge in [0.15, 0.2) is 0 Å². The molecule has 1 heterocycles. The zero-order chi connectivity index (χ0) is 14.5. The summed E-state index contributed by atoms with van der Waals surface area (Å²) in [6, 6.07) is 11.7. The van der Waals surface area contributed by atoms with Crippen LogP contribution in [0.1, 0.15) is 29.4 Å². The monoisotopic (exact) mass is 266 g/mol. The van der Waals surface area contributed by atoms with Gasteiger partial charge in [0.05, 0.1) is 17.8 Å². The molecule has 0 aliphatic rings. The van der Waals surface area contributed by atoms with Crippen molar-refractivity contribution in [2.24, 2.45) is 0 Å². The molecule has 2 rings (SSSR count). The number of nitrogens with zero attached hydrogens (tertiary/aromatic N) is 2. The van der Waals surface area contributed by atoms with Gasteiger partial charge in [-0.15, -0.1) is 0 Å². The van der Waals surface area contributed by atoms with E-state index in [0.717, 1.165) is 28.1 Å². The Labute approximate surface area is 119 Å².